The number of benzene rings is 1. The Labute approximate surface area is 145 Å². The predicted octanol–water partition coefficient (Wildman–Crippen LogP) is 2.85. The van der Waals surface area contributed by atoms with E-state index >= 15 is 0 Å². The Morgan fingerprint density at radius 3 is 2.50 bits per heavy atom. The van der Waals surface area contributed by atoms with Crippen LogP contribution in [0.5, 0.6) is 0 Å². The van der Waals surface area contributed by atoms with E-state index in [2.05, 4.69) is 39.0 Å². The maximum atomic E-state index is 12.6. The molecule has 1 aromatic carbocycles. The molecule has 0 aliphatic carbocycles. The molecular formula is C20H29N3O. The van der Waals surface area contributed by atoms with Crippen LogP contribution in [0.2, 0.25) is 0 Å². The highest BCUT2D eigenvalue weighted by atomic mass is 16.2. The minimum atomic E-state index is 0.161. The summed E-state index contributed by atoms with van der Waals surface area (Å²) in [7, 11) is 4.06. The number of hydrogen-bond donors (Lipinski definition) is 0. The van der Waals surface area contributed by atoms with E-state index in [9.17, 15) is 4.79 Å². The highest BCUT2D eigenvalue weighted by Gasteiger charge is 2.29. The second-order valence-corrected chi connectivity index (χ2v) is 7.15. The third-order valence-electron chi connectivity index (χ3n) is 5.16. The van der Waals surface area contributed by atoms with Crippen molar-refractivity contribution in [1.29, 1.82) is 0 Å². The fourth-order valence-corrected chi connectivity index (χ4v) is 3.73. The number of likely N-dealkylation sites (tertiary alicyclic amines) is 2. The first-order valence-corrected chi connectivity index (χ1v) is 9.12. The van der Waals surface area contributed by atoms with E-state index < -0.39 is 0 Å². The van der Waals surface area contributed by atoms with Crippen LogP contribution in [-0.2, 0) is 4.79 Å². The lowest BCUT2D eigenvalue weighted by Crippen LogP contribution is -2.41. The van der Waals surface area contributed by atoms with E-state index in [-0.39, 0.29) is 5.91 Å². The number of amides is 1. The van der Waals surface area contributed by atoms with Crippen molar-refractivity contribution in [2.24, 2.45) is 0 Å². The largest absolute Gasteiger partial charge is 0.378 e. The quantitative estimate of drug-likeness (QED) is 0.778. The van der Waals surface area contributed by atoms with Crippen LogP contribution in [0.25, 0.3) is 6.08 Å². The van der Waals surface area contributed by atoms with Crippen molar-refractivity contribution in [2.75, 3.05) is 45.2 Å². The van der Waals surface area contributed by atoms with Gasteiger partial charge in [0.1, 0.15) is 0 Å². The highest BCUT2D eigenvalue weighted by molar-refractivity contribution is 5.92. The van der Waals surface area contributed by atoms with Crippen molar-refractivity contribution in [2.45, 2.75) is 31.7 Å². The summed E-state index contributed by atoms with van der Waals surface area (Å²) in [6.07, 6.45) is 8.58. The molecule has 1 atom stereocenters. The molecule has 24 heavy (non-hydrogen) atoms. The van der Waals surface area contributed by atoms with Crippen LogP contribution in [0, 0.1) is 0 Å². The van der Waals surface area contributed by atoms with Gasteiger partial charge in [0, 0.05) is 45.0 Å². The van der Waals surface area contributed by atoms with Gasteiger partial charge in [0.05, 0.1) is 0 Å². The number of hydrogen-bond acceptors (Lipinski definition) is 3. The average Bonchev–Trinajstić information content (AvgIpc) is 3.25. The Bertz CT molecular complexity index is 573. The molecule has 0 aromatic heterocycles. The van der Waals surface area contributed by atoms with Gasteiger partial charge in [0.2, 0.25) is 5.91 Å². The van der Waals surface area contributed by atoms with Crippen LogP contribution in [0.4, 0.5) is 5.69 Å². The molecule has 3 rings (SSSR count). The van der Waals surface area contributed by atoms with Gasteiger partial charge in [-0.05, 0) is 62.5 Å². The van der Waals surface area contributed by atoms with E-state index in [1.807, 2.05) is 20.2 Å². The molecule has 2 heterocycles. The summed E-state index contributed by atoms with van der Waals surface area (Å²) in [6, 6.07) is 8.68. The zero-order chi connectivity index (χ0) is 16.9. The summed E-state index contributed by atoms with van der Waals surface area (Å²) in [5.74, 6) is 0.161. The van der Waals surface area contributed by atoms with Crippen molar-refractivity contribution < 1.29 is 4.79 Å². The van der Waals surface area contributed by atoms with Crippen molar-refractivity contribution in [3.63, 3.8) is 0 Å². The third-order valence-corrected chi connectivity index (χ3v) is 5.16. The second kappa shape index (κ2) is 7.84. The molecule has 2 fully saturated rings. The number of nitrogens with zero attached hydrogens (tertiary/aromatic N) is 3. The van der Waals surface area contributed by atoms with E-state index in [1.165, 1.54) is 31.6 Å². The first-order chi connectivity index (χ1) is 11.6. The van der Waals surface area contributed by atoms with Crippen molar-refractivity contribution in [3.8, 4) is 0 Å². The predicted molar refractivity (Wildman–Crippen MR) is 100 cm³/mol. The van der Waals surface area contributed by atoms with Crippen molar-refractivity contribution in [3.05, 3.63) is 35.9 Å². The minimum absolute atomic E-state index is 0.161. The fraction of sp³-hybridized carbons (Fsp3) is 0.550. The van der Waals surface area contributed by atoms with Gasteiger partial charge in [0.25, 0.3) is 0 Å². The number of anilines is 1. The molecule has 0 saturated carbocycles. The standard InChI is InChI=1S/C20H29N3O/c1-21(2)18-10-7-17(8-11-18)9-12-20(24)23-15-5-6-19(23)16-22-13-3-4-14-22/h7-12,19H,3-6,13-16H2,1-2H3/b12-9+/t19-/m0/s1. The smallest absolute Gasteiger partial charge is 0.246 e. The van der Waals surface area contributed by atoms with Gasteiger partial charge in [0.15, 0.2) is 0 Å². The highest BCUT2D eigenvalue weighted by Crippen LogP contribution is 2.21. The Morgan fingerprint density at radius 1 is 1.12 bits per heavy atom. The average molecular weight is 327 g/mol. The first kappa shape index (κ1) is 17.0. The number of rotatable bonds is 5. The molecule has 0 bridgehead atoms. The summed E-state index contributed by atoms with van der Waals surface area (Å²) in [4.78, 5) is 19.3. The summed E-state index contributed by atoms with van der Waals surface area (Å²) in [5.41, 5.74) is 2.24. The van der Waals surface area contributed by atoms with Crippen LogP contribution in [-0.4, -0.2) is 62.0 Å². The third kappa shape index (κ3) is 4.18. The van der Waals surface area contributed by atoms with Crippen LogP contribution >= 0.6 is 0 Å². The molecule has 2 aliphatic rings. The van der Waals surface area contributed by atoms with Gasteiger partial charge in [-0.2, -0.15) is 0 Å². The van der Waals surface area contributed by atoms with Crippen molar-refractivity contribution >= 4 is 17.7 Å². The van der Waals surface area contributed by atoms with Crippen LogP contribution < -0.4 is 4.90 Å². The molecule has 0 spiro atoms. The van der Waals surface area contributed by atoms with E-state index in [0.29, 0.717) is 6.04 Å². The Balaban J connectivity index is 1.58. The lowest BCUT2D eigenvalue weighted by molar-refractivity contribution is -0.127. The number of carbonyl (C=O) groups excluding carboxylic acids is 1. The lowest BCUT2D eigenvalue weighted by Gasteiger charge is -2.27. The molecule has 1 aromatic rings. The van der Waals surface area contributed by atoms with Crippen LogP contribution in [0.1, 0.15) is 31.2 Å². The van der Waals surface area contributed by atoms with Gasteiger partial charge >= 0.3 is 0 Å². The maximum absolute atomic E-state index is 12.6. The van der Waals surface area contributed by atoms with E-state index in [4.69, 9.17) is 0 Å². The van der Waals surface area contributed by atoms with Gasteiger partial charge < -0.3 is 14.7 Å². The molecule has 2 aliphatic heterocycles. The van der Waals surface area contributed by atoms with Crippen molar-refractivity contribution in [1.82, 2.24) is 9.80 Å². The van der Waals surface area contributed by atoms with Crippen LogP contribution in [0.15, 0.2) is 30.3 Å². The Kier molecular flexibility index (Phi) is 5.56. The van der Waals surface area contributed by atoms with E-state index in [1.54, 1.807) is 6.08 Å². The summed E-state index contributed by atoms with van der Waals surface area (Å²) < 4.78 is 0. The fourth-order valence-electron chi connectivity index (χ4n) is 3.73. The molecule has 2 saturated heterocycles. The minimum Gasteiger partial charge on any atom is -0.378 e. The maximum Gasteiger partial charge on any atom is 0.246 e. The monoisotopic (exact) mass is 327 g/mol. The topological polar surface area (TPSA) is 26.8 Å². The molecule has 0 N–H and O–H groups in total. The molecule has 1 amide bonds. The molecule has 0 radical (unpaired) electrons. The normalized spacial score (nSPS) is 21.8. The summed E-state index contributed by atoms with van der Waals surface area (Å²) >= 11 is 0. The van der Waals surface area contributed by atoms with Gasteiger partial charge in [-0.3, -0.25) is 4.79 Å². The zero-order valence-corrected chi connectivity index (χ0v) is 14.9. The number of carbonyl (C=O) groups is 1. The Hall–Kier alpha value is -1.81. The van der Waals surface area contributed by atoms with Gasteiger partial charge in [-0.25, -0.2) is 0 Å². The first-order valence-electron chi connectivity index (χ1n) is 9.12. The van der Waals surface area contributed by atoms with Crippen LogP contribution in [0.3, 0.4) is 0 Å². The molecule has 130 valence electrons. The van der Waals surface area contributed by atoms with Gasteiger partial charge in [-0.15, -0.1) is 0 Å². The Morgan fingerprint density at radius 2 is 1.83 bits per heavy atom. The van der Waals surface area contributed by atoms with E-state index in [0.717, 1.165) is 31.5 Å². The zero-order valence-electron chi connectivity index (χ0n) is 14.9. The molecular weight excluding hydrogens is 298 g/mol. The summed E-state index contributed by atoms with van der Waals surface area (Å²) in [6.45, 7) is 4.36. The molecule has 4 nitrogen and oxygen atoms in total. The second-order valence-electron chi connectivity index (χ2n) is 7.15. The lowest BCUT2D eigenvalue weighted by atomic mass is 10.1. The summed E-state index contributed by atoms with van der Waals surface area (Å²) in [5, 5.41) is 0. The molecule has 4 heteroatoms. The SMILES string of the molecule is CN(C)c1ccc(/C=C/C(=O)N2CCC[C@H]2CN2CCCC2)cc1. The van der Waals surface area contributed by atoms with Gasteiger partial charge in [-0.1, -0.05) is 12.1 Å². The molecule has 0 unspecified atom stereocenters.